The number of hydrogen-bond acceptors (Lipinski definition) is 4. The van der Waals surface area contributed by atoms with Gasteiger partial charge in [-0.15, -0.1) is 0 Å². The number of rotatable bonds is 9. The third kappa shape index (κ3) is 5.67. The molecule has 2 aromatic rings. The lowest BCUT2D eigenvalue weighted by molar-refractivity contribution is 0.0952. The molecule has 1 aromatic heterocycles. The SMILES string of the molecule is COc1cc(C(=O)NCCCn2cccn2)cc(Cl)c1OCC(C)C. The van der Waals surface area contributed by atoms with Gasteiger partial charge in [0.05, 0.1) is 18.7 Å². The Bertz CT molecular complexity index is 687. The van der Waals surface area contributed by atoms with E-state index >= 15 is 0 Å². The number of ether oxygens (including phenoxy) is 2. The number of amides is 1. The van der Waals surface area contributed by atoms with Crippen molar-refractivity contribution < 1.29 is 14.3 Å². The van der Waals surface area contributed by atoms with Crippen molar-refractivity contribution in [2.24, 2.45) is 5.92 Å². The van der Waals surface area contributed by atoms with E-state index in [1.807, 2.05) is 30.8 Å². The van der Waals surface area contributed by atoms with Crippen LogP contribution in [0, 0.1) is 5.92 Å². The smallest absolute Gasteiger partial charge is 0.251 e. The van der Waals surface area contributed by atoms with Crippen molar-refractivity contribution in [2.45, 2.75) is 26.8 Å². The van der Waals surface area contributed by atoms with E-state index in [-0.39, 0.29) is 5.91 Å². The van der Waals surface area contributed by atoms with Crippen LogP contribution in [0.1, 0.15) is 30.6 Å². The van der Waals surface area contributed by atoms with E-state index in [4.69, 9.17) is 21.1 Å². The van der Waals surface area contributed by atoms with E-state index in [1.54, 1.807) is 18.3 Å². The van der Waals surface area contributed by atoms with Crippen molar-refractivity contribution in [3.05, 3.63) is 41.2 Å². The normalized spacial score (nSPS) is 10.8. The summed E-state index contributed by atoms with van der Waals surface area (Å²) in [5, 5.41) is 7.36. The number of aromatic nitrogens is 2. The second-order valence-corrected chi connectivity index (χ2v) is 6.48. The minimum Gasteiger partial charge on any atom is -0.493 e. The minimum absolute atomic E-state index is 0.198. The molecule has 25 heavy (non-hydrogen) atoms. The van der Waals surface area contributed by atoms with Gasteiger partial charge in [0.25, 0.3) is 5.91 Å². The van der Waals surface area contributed by atoms with Gasteiger partial charge < -0.3 is 14.8 Å². The summed E-state index contributed by atoms with van der Waals surface area (Å²) in [5.74, 6) is 1.08. The number of nitrogens with one attached hydrogen (secondary N) is 1. The third-order valence-corrected chi connectivity index (χ3v) is 3.74. The molecule has 1 heterocycles. The number of methoxy groups -OCH3 is 1. The molecule has 136 valence electrons. The van der Waals surface area contributed by atoms with Gasteiger partial charge in [-0.05, 0) is 30.5 Å². The molecule has 0 fully saturated rings. The zero-order valence-electron chi connectivity index (χ0n) is 14.8. The van der Waals surface area contributed by atoms with Crippen molar-refractivity contribution in [2.75, 3.05) is 20.3 Å². The molecule has 1 amide bonds. The number of halogens is 1. The molecule has 0 saturated heterocycles. The van der Waals surface area contributed by atoms with Gasteiger partial charge in [-0.2, -0.15) is 5.10 Å². The Morgan fingerprint density at radius 3 is 2.84 bits per heavy atom. The lowest BCUT2D eigenvalue weighted by atomic mass is 10.1. The van der Waals surface area contributed by atoms with Gasteiger partial charge in [-0.25, -0.2) is 0 Å². The highest BCUT2D eigenvalue weighted by Crippen LogP contribution is 2.36. The molecular weight excluding hydrogens is 342 g/mol. The number of carbonyl (C=O) groups is 1. The second-order valence-electron chi connectivity index (χ2n) is 6.07. The molecule has 0 bridgehead atoms. The largest absolute Gasteiger partial charge is 0.493 e. The molecule has 0 radical (unpaired) electrons. The highest BCUT2D eigenvalue weighted by molar-refractivity contribution is 6.32. The van der Waals surface area contributed by atoms with Crippen LogP contribution in [0.5, 0.6) is 11.5 Å². The van der Waals surface area contributed by atoms with Crippen LogP contribution in [0.4, 0.5) is 0 Å². The summed E-state index contributed by atoms with van der Waals surface area (Å²) in [6, 6.07) is 5.11. The summed E-state index contributed by atoms with van der Waals surface area (Å²) in [7, 11) is 1.53. The van der Waals surface area contributed by atoms with Crippen LogP contribution in [0.25, 0.3) is 0 Å². The van der Waals surface area contributed by atoms with Crippen molar-refractivity contribution in [1.29, 1.82) is 0 Å². The first-order chi connectivity index (χ1) is 12.0. The Kier molecular flexibility index (Phi) is 7.13. The van der Waals surface area contributed by atoms with E-state index in [1.165, 1.54) is 7.11 Å². The van der Waals surface area contributed by atoms with Gasteiger partial charge in [0.2, 0.25) is 0 Å². The zero-order chi connectivity index (χ0) is 18.2. The van der Waals surface area contributed by atoms with E-state index in [0.29, 0.717) is 41.2 Å². The maximum Gasteiger partial charge on any atom is 0.251 e. The quantitative estimate of drug-likeness (QED) is 0.692. The maximum absolute atomic E-state index is 12.3. The Morgan fingerprint density at radius 2 is 2.20 bits per heavy atom. The Morgan fingerprint density at radius 1 is 1.40 bits per heavy atom. The Hall–Kier alpha value is -2.21. The van der Waals surface area contributed by atoms with Gasteiger partial charge in [0.1, 0.15) is 0 Å². The number of hydrogen-bond donors (Lipinski definition) is 1. The molecule has 0 aliphatic rings. The fourth-order valence-electron chi connectivity index (χ4n) is 2.22. The summed E-state index contributed by atoms with van der Waals surface area (Å²) in [6.45, 7) is 5.91. The summed E-state index contributed by atoms with van der Waals surface area (Å²) < 4.78 is 12.8. The van der Waals surface area contributed by atoms with E-state index in [2.05, 4.69) is 10.4 Å². The molecule has 1 aromatic carbocycles. The summed E-state index contributed by atoms with van der Waals surface area (Å²) in [4.78, 5) is 12.3. The van der Waals surface area contributed by atoms with Crippen molar-refractivity contribution >= 4 is 17.5 Å². The van der Waals surface area contributed by atoms with Crippen LogP contribution < -0.4 is 14.8 Å². The first-order valence-electron chi connectivity index (χ1n) is 8.27. The van der Waals surface area contributed by atoms with Crippen LogP contribution in [-0.2, 0) is 6.54 Å². The predicted octanol–water partition coefficient (Wildman–Crippen LogP) is 3.40. The molecule has 2 rings (SSSR count). The van der Waals surface area contributed by atoms with Crippen LogP contribution in [0.3, 0.4) is 0 Å². The van der Waals surface area contributed by atoms with E-state index in [9.17, 15) is 4.79 Å². The number of carbonyl (C=O) groups excluding carboxylic acids is 1. The fourth-order valence-corrected chi connectivity index (χ4v) is 2.48. The van der Waals surface area contributed by atoms with Crippen LogP contribution in [0.15, 0.2) is 30.6 Å². The molecule has 0 spiro atoms. The fraction of sp³-hybridized carbons (Fsp3) is 0.444. The molecular formula is C18H24ClN3O3. The molecule has 6 nitrogen and oxygen atoms in total. The third-order valence-electron chi connectivity index (χ3n) is 3.46. The maximum atomic E-state index is 12.3. The van der Waals surface area contributed by atoms with Gasteiger partial charge >= 0.3 is 0 Å². The second kappa shape index (κ2) is 9.32. The molecule has 0 aliphatic heterocycles. The molecule has 0 saturated carbocycles. The topological polar surface area (TPSA) is 65.4 Å². The van der Waals surface area contributed by atoms with Crippen molar-refractivity contribution in [3.8, 4) is 11.5 Å². The van der Waals surface area contributed by atoms with Gasteiger partial charge in [0, 0.05) is 31.0 Å². The minimum atomic E-state index is -0.198. The molecule has 0 aliphatic carbocycles. The lowest BCUT2D eigenvalue weighted by Gasteiger charge is -2.15. The summed E-state index contributed by atoms with van der Waals surface area (Å²) in [5.41, 5.74) is 0.442. The summed E-state index contributed by atoms with van der Waals surface area (Å²) >= 11 is 6.27. The van der Waals surface area contributed by atoms with E-state index in [0.717, 1.165) is 13.0 Å². The highest BCUT2D eigenvalue weighted by Gasteiger charge is 2.16. The van der Waals surface area contributed by atoms with E-state index < -0.39 is 0 Å². The Labute approximate surface area is 153 Å². The van der Waals surface area contributed by atoms with Crippen molar-refractivity contribution in [1.82, 2.24) is 15.1 Å². The van der Waals surface area contributed by atoms with Gasteiger partial charge in [-0.3, -0.25) is 9.48 Å². The first-order valence-corrected chi connectivity index (χ1v) is 8.65. The lowest BCUT2D eigenvalue weighted by Crippen LogP contribution is -2.25. The van der Waals surface area contributed by atoms with Crippen LogP contribution >= 0.6 is 11.6 Å². The van der Waals surface area contributed by atoms with Crippen LogP contribution in [0.2, 0.25) is 5.02 Å². The van der Waals surface area contributed by atoms with Gasteiger partial charge in [0.15, 0.2) is 11.5 Å². The molecule has 7 heteroatoms. The predicted molar refractivity (Wildman–Crippen MR) is 97.5 cm³/mol. The summed E-state index contributed by atoms with van der Waals surface area (Å²) in [6.07, 6.45) is 4.41. The number of benzene rings is 1. The number of aryl methyl sites for hydroxylation is 1. The standard InChI is InChI=1S/C18H24ClN3O3/c1-13(2)12-25-17-15(19)10-14(11-16(17)24-3)18(23)20-6-4-8-22-9-5-7-21-22/h5,7,9-11,13H,4,6,8,12H2,1-3H3,(H,20,23). The monoisotopic (exact) mass is 365 g/mol. The van der Waals surface area contributed by atoms with Crippen LogP contribution in [-0.4, -0.2) is 35.9 Å². The molecule has 0 atom stereocenters. The molecule has 0 unspecified atom stereocenters. The Balaban J connectivity index is 1.95. The molecule has 1 N–H and O–H groups in total. The average molecular weight is 366 g/mol. The van der Waals surface area contributed by atoms with Gasteiger partial charge in [-0.1, -0.05) is 25.4 Å². The number of nitrogens with zero attached hydrogens (tertiary/aromatic N) is 2. The first kappa shape index (κ1) is 19.1. The average Bonchev–Trinajstić information content (AvgIpc) is 3.10. The highest BCUT2D eigenvalue weighted by atomic mass is 35.5. The zero-order valence-corrected chi connectivity index (χ0v) is 15.5. The van der Waals surface area contributed by atoms with Crippen molar-refractivity contribution in [3.63, 3.8) is 0 Å².